The van der Waals surface area contributed by atoms with Crippen LogP contribution in [-0.2, 0) is 19.1 Å². The Balaban J connectivity index is 2.89. The van der Waals surface area contributed by atoms with Crippen LogP contribution in [0.1, 0.15) is 27.7 Å². The first-order valence-electron chi connectivity index (χ1n) is 4.60. The van der Waals surface area contributed by atoms with Crippen molar-refractivity contribution in [2.24, 2.45) is 0 Å². The maximum atomic E-state index is 11.6. The molecule has 1 atom stereocenters. The van der Waals surface area contributed by atoms with Gasteiger partial charge in [-0.1, -0.05) is 0 Å². The molecular formula is C10H14O5. The Labute approximate surface area is 87.7 Å². The number of cyclic esters (lactones) is 1. The van der Waals surface area contributed by atoms with Crippen molar-refractivity contribution in [1.82, 2.24) is 0 Å². The van der Waals surface area contributed by atoms with E-state index >= 15 is 0 Å². The second-order valence-corrected chi connectivity index (χ2v) is 4.31. The third-order valence-corrected chi connectivity index (χ3v) is 1.76. The van der Waals surface area contributed by atoms with Gasteiger partial charge in [0.1, 0.15) is 17.3 Å². The van der Waals surface area contributed by atoms with Gasteiger partial charge < -0.3 is 14.6 Å². The fraction of sp³-hybridized carbons (Fsp3) is 0.600. The van der Waals surface area contributed by atoms with E-state index in [9.17, 15) is 14.7 Å². The summed E-state index contributed by atoms with van der Waals surface area (Å²) < 4.78 is 9.68. The molecule has 0 fully saturated rings. The minimum absolute atomic E-state index is 0.116. The molecule has 0 spiro atoms. The summed E-state index contributed by atoms with van der Waals surface area (Å²) in [4.78, 5) is 22.5. The van der Waals surface area contributed by atoms with Crippen molar-refractivity contribution in [3.63, 3.8) is 0 Å². The number of ether oxygens (including phenoxy) is 2. The minimum atomic E-state index is -0.886. The quantitative estimate of drug-likeness (QED) is 0.661. The number of rotatable bonds is 1. The van der Waals surface area contributed by atoms with Crippen LogP contribution in [0.15, 0.2) is 11.3 Å². The largest absolute Gasteiger partial charge is 0.501 e. The molecule has 1 N–H and O–H groups in total. The maximum Gasteiger partial charge on any atom is 0.374 e. The zero-order chi connectivity index (χ0) is 11.8. The predicted molar refractivity (Wildman–Crippen MR) is 51.1 cm³/mol. The lowest BCUT2D eigenvalue weighted by Crippen LogP contribution is -2.27. The SMILES string of the molecule is CC1OC(=O)C(O)=C1C(=O)OC(C)(C)C. The molecule has 15 heavy (non-hydrogen) atoms. The molecular weight excluding hydrogens is 200 g/mol. The van der Waals surface area contributed by atoms with Gasteiger partial charge in [0.2, 0.25) is 5.76 Å². The lowest BCUT2D eigenvalue weighted by Gasteiger charge is -2.20. The van der Waals surface area contributed by atoms with Crippen LogP contribution in [0.4, 0.5) is 0 Å². The fourth-order valence-electron chi connectivity index (χ4n) is 1.17. The van der Waals surface area contributed by atoms with E-state index in [1.807, 2.05) is 0 Å². The van der Waals surface area contributed by atoms with E-state index in [1.54, 1.807) is 20.8 Å². The number of hydrogen-bond donors (Lipinski definition) is 1. The zero-order valence-electron chi connectivity index (χ0n) is 9.16. The van der Waals surface area contributed by atoms with Crippen LogP contribution in [0.25, 0.3) is 0 Å². The van der Waals surface area contributed by atoms with Crippen LogP contribution in [0.3, 0.4) is 0 Å². The van der Waals surface area contributed by atoms with E-state index in [0.717, 1.165) is 0 Å². The highest BCUT2D eigenvalue weighted by Gasteiger charge is 2.37. The Kier molecular flexibility index (Phi) is 2.75. The van der Waals surface area contributed by atoms with Gasteiger partial charge >= 0.3 is 11.9 Å². The topological polar surface area (TPSA) is 72.8 Å². The van der Waals surface area contributed by atoms with E-state index in [4.69, 9.17) is 4.74 Å². The molecule has 0 radical (unpaired) electrons. The summed E-state index contributed by atoms with van der Waals surface area (Å²) in [5.41, 5.74) is -0.787. The molecule has 1 rings (SSSR count). The summed E-state index contributed by atoms with van der Waals surface area (Å²) in [5.74, 6) is -2.27. The van der Waals surface area contributed by atoms with Crippen LogP contribution in [0, 0.1) is 0 Å². The van der Waals surface area contributed by atoms with Crippen LogP contribution >= 0.6 is 0 Å². The van der Waals surface area contributed by atoms with Gasteiger partial charge in [-0.05, 0) is 27.7 Å². The fourth-order valence-corrected chi connectivity index (χ4v) is 1.17. The van der Waals surface area contributed by atoms with Gasteiger partial charge in [0, 0.05) is 0 Å². The van der Waals surface area contributed by atoms with Crippen molar-refractivity contribution in [1.29, 1.82) is 0 Å². The molecule has 0 saturated carbocycles. The highest BCUT2D eigenvalue weighted by Crippen LogP contribution is 2.23. The second kappa shape index (κ2) is 3.56. The summed E-state index contributed by atoms with van der Waals surface area (Å²) >= 11 is 0. The Morgan fingerprint density at radius 1 is 1.47 bits per heavy atom. The summed E-state index contributed by atoms with van der Waals surface area (Å²) in [6, 6.07) is 0. The van der Waals surface area contributed by atoms with Crippen molar-refractivity contribution in [3.05, 3.63) is 11.3 Å². The Bertz CT molecular complexity index is 334. The van der Waals surface area contributed by atoms with Crippen molar-refractivity contribution in [2.75, 3.05) is 0 Å². The summed E-state index contributed by atoms with van der Waals surface area (Å²) in [6.07, 6.45) is -0.757. The number of carbonyl (C=O) groups excluding carboxylic acids is 2. The normalized spacial score (nSPS) is 21.6. The van der Waals surface area contributed by atoms with Crippen LogP contribution in [0.2, 0.25) is 0 Å². The molecule has 1 aliphatic rings. The summed E-state index contributed by atoms with van der Waals surface area (Å²) in [5, 5.41) is 9.30. The molecule has 0 amide bonds. The van der Waals surface area contributed by atoms with Gasteiger partial charge in [-0.2, -0.15) is 0 Å². The molecule has 1 heterocycles. The average Bonchev–Trinajstić information content (AvgIpc) is 2.22. The molecule has 0 aromatic carbocycles. The molecule has 1 aliphatic heterocycles. The molecule has 0 saturated heterocycles. The van der Waals surface area contributed by atoms with E-state index in [2.05, 4.69) is 4.74 Å². The van der Waals surface area contributed by atoms with Crippen LogP contribution < -0.4 is 0 Å². The molecule has 0 aliphatic carbocycles. The van der Waals surface area contributed by atoms with E-state index < -0.39 is 29.4 Å². The molecule has 84 valence electrons. The van der Waals surface area contributed by atoms with E-state index in [-0.39, 0.29) is 5.57 Å². The highest BCUT2D eigenvalue weighted by atomic mass is 16.6. The zero-order valence-corrected chi connectivity index (χ0v) is 9.16. The third-order valence-electron chi connectivity index (χ3n) is 1.76. The number of aliphatic hydroxyl groups excluding tert-OH is 1. The van der Waals surface area contributed by atoms with Crippen molar-refractivity contribution < 1.29 is 24.2 Å². The van der Waals surface area contributed by atoms with E-state index in [0.29, 0.717) is 0 Å². The smallest absolute Gasteiger partial charge is 0.374 e. The first-order valence-corrected chi connectivity index (χ1v) is 4.60. The first-order chi connectivity index (χ1) is 6.72. The molecule has 0 aromatic rings. The molecule has 0 bridgehead atoms. The Morgan fingerprint density at radius 2 is 2.00 bits per heavy atom. The van der Waals surface area contributed by atoms with Gasteiger partial charge in [0.25, 0.3) is 0 Å². The number of carbonyl (C=O) groups is 2. The van der Waals surface area contributed by atoms with Gasteiger partial charge in [-0.3, -0.25) is 0 Å². The number of esters is 2. The Hall–Kier alpha value is -1.52. The van der Waals surface area contributed by atoms with Gasteiger partial charge in [-0.25, -0.2) is 9.59 Å². The van der Waals surface area contributed by atoms with Crippen LogP contribution in [-0.4, -0.2) is 28.8 Å². The third kappa shape index (κ3) is 2.49. The predicted octanol–water partition coefficient (Wildman–Crippen LogP) is 1.09. The lowest BCUT2D eigenvalue weighted by atomic mass is 10.1. The number of aliphatic hydroxyl groups is 1. The van der Waals surface area contributed by atoms with Crippen molar-refractivity contribution in [2.45, 2.75) is 39.4 Å². The molecule has 0 aromatic heterocycles. The molecule has 5 nitrogen and oxygen atoms in total. The Morgan fingerprint density at radius 3 is 2.33 bits per heavy atom. The molecule has 5 heteroatoms. The first kappa shape index (κ1) is 11.6. The minimum Gasteiger partial charge on any atom is -0.501 e. The second-order valence-electron chi connectivity index (χ2n) is 4.31. The summed E-state index contributed by atoms with van der Waals surface area (Å²) in [6.45, 7) is 6.60. The monoisotopic (exact) mass is 214 g/mol. The van der Waals surface area contributed by atoms with Gasteiger partial charge in [0.05, 0.1) is 0 Å². The highest BCUT2D eigenvalue weighted by molar-refractivity contribution is 6.02. The van der Waals surface area contributed by atoms with Crippen LogP contribution in [0.5, 0.6) is 0 Å². The number of hydrogen-bond acceptors (Lipinski definition) is 5. The lowest BCUT2D eigenvalue weighted by molar-refractivity contribution is -0.151. The summed E-state index contributed by atoms with van der Waals surface area (Å²) in [7, 11) is 0. The average molecular weight is 214 g/mol. The van der Waals surface area contributed by atoms with E-state index in [1.165, 1.54) is 6.92 Å². The van der Waals surface area contributed by atoms with Crippen molar-refractivity contribution >= 4 is 11.9 Å². The molecule has 1 unspecified atom stereocenters. The van der Waals surface area contributed by atoms with Crippen molar-refractivity contribution in [3.8, 4) is 0 Å². The standard InChI is InChI=1S/C10H14O5/c1-5-6(7(11)9(13)14-5)8(12)15-10(2,3)4/h5,11H,1-4H3. The van der Waals surface area contributed by atoms with Gasteiger partial charge in [0.15, 0.2) is 0 Å². The maximum absolute atomic E-state index is 11.6. The van der Waals surface area contributed by atoms with Gasteiger partial charge in [-0.15, -0.1) is 0 Å².